The fourth-order valence-corrected chi connectivity index (χ4v) is 4.40. The van der Waals surface area contributed by atoms with Gasteiger partial charge in [-0.1, -0.05) is 28.1 Å². The van der Waals surface area contributed by atoms with Gasteiger partial charge in [0.2, 0.25) is 15.9 Å². The van der Waals surface area contributed by atoms with E-state index in [4.69, 9.17) is 0 Å². The van der Waals surface area contributed by atoms with Crippen molar-refractivity contribution < 1.29 is 17.6 Å². The highest BCUT2D eigenvalue weighted by Crippen LogP contribution is 2.22. The first-order chi connectivity index (χ1) is 12.8. The first-order valence-corrected chi connectivity index (χ1v) is 10.9. The third-order valence-electron chi connectivity index (χ3n) is 4.19. The summed E-state index contributed by atoms with van der Waals surface area (Å²) in [4.78, 5) is 12.2. The van der Waals surface area contributed by atoms with Gasteiger partial charge >= 0.3 is 0 Å². The third kappa shape index (κ3) is 6.12. The summed E-state index contributed by atoms with van der Waals surface area (Å²) < 4.78 is 40.8. The lowest BCUT2D eigenvalue weighted by Gasteiger charge is -2.08. The second-order valence-corrected chi connectivity index (χ2v) is 9.22. The number of nitrogens with one attached hydrogen (secondary N) is 2. The molecule has 3 rings (SSSR count). The molecule has 1 amide bonds. The van der Waals surface area contributed by atoms with Gasteiger partial charge in [-0.05, 0) is 60.7 Å². The minimum Gasteiger partial charge on any atom is -0.352 e. The summed E-state index contributed by atoms with van der Waals surface area (Å²) in [5, 5.41) is 2.76. The maximum absolute atomic E-state index is 13.3. The van der Waals surface area contributed by atoms with Crippen LogP contribution >= 0.6 is 15.9 Å². The Kier molecular flexibility index (Phi) is 6.29. The van der Waals surface area contributed by atoms with Gasteiger partial charge in [0.1, 0.15) is 5.82 Å². The van der Waals surface area contributed by atoms with Gasteiger partial charge in [0.05, 0.1) is 4.90 Å². The summed E-state index contributed by atoms with van der Waals surface area (Å²) in [6, 6.07) is 11.1. The Morgan fingerprint density at radius 3 is 2.44 bits per heavy atom. The number of hydrogen-bond donors (Lipinski definition) is 2. The van der Waals surface area contributed by atoms with Crippen molar-refractivity contribution in [1.82, 2.24) is 10.0 Å². The second-order valence-electron chi connectivity index (χ2n) is 6.59. The maximum atomic E-state index is 13.3. The number of benzene rings is 2. The zero-order chi connectivity index (χ0) is 19.4. The first kappa shape index (κ1) is 20.0. The van der Waals surface area contributed by atoms with E-state index in [1.54, 1.807) is 30.3 Å². The van der Waals surface area contributed by atoms with E-state index in [2.05, 4.69) is 26.0 Å². The molecule has 27 heavy (non-hydrogen) atoms. The Morgan fingerprint density at radius 2 is 1.81 bits per heavy atom. The molecule has 0 radical (unpaired) electrons. The first-order valence-electron chi connectivity index (χ1n) is 8.65. The fraction of sp³-hybridized carbons (Fsp3) is 0.316. The highest BCUT2D eigenvalue weighted by atomic mass is 79.9. The monoisotopic (exact) mass is 454 g/mol. The highest BCUT2D eigenvalue weighted by Gasteiger charge is 2.27. The van der Waals surface area contributed by atoms with Crippen LogP contribution in [0.5, 0.6) is 0 Å². The average molecular weight is 455 g/mol. The lowest BCUT2D eigenvalue weighted by molar-refractivity contribution is -0.121. The number of halogens is 2. The maximum Gasteiger partial charge on any atom is 0.240 e. The Hall–Kier alpha value is -1.77. The van der Waals surface area contributed by atoms with Crippen LogP contribution in [0.3, 0.4) is 0 Å². The van der Waals surface area contributed by atoms with Crippen molar-refractivity contribution in [2.24, 2.45) is 0 Å². The molecule has 1 saturated carbocycles. The van der Waals surface area contributed by atoms with Gasteiger partial charge in [-0.15, -0.1) is 0 Å². The Morgan fingerprint density at radius 1 is 1.11 bits per heavy atom. The van der Waals surface area contributed by atoms with Crippen LogP contribution in [0.1, 0.15) is 30.4 Å². The van der Waals surface area contributed by atoms with E-state index in [9.17, 15) is 17.6 Å². The van der Waals surface area contributed by atoms with Gasteiger partial charge in [-0.2, -0.15) is 0 Å². The normalized spacial score (nSPS) is 14.1. The van der Waals surface area contributed by atoms with Gasteiger partial charge in [-0.3, -0.25) is 4.79 Å². The van der Waals surface area contributed by atoms with Gasteiger partial charge in [0, 0.05) is 23.5 Å². The summed E-state index contributed by atoms with van der Waals surface area (Å²) in [7, 11) is -3.46. The van der Waals surface area contributed by atoms with Gasteiger partial charge in [0.25, 0.3) is 0 Å². The smallest absolute Gasteiger partial charge is 0.240 e. The molecule has 2 N–H and O–H groups in total. The molecule has 144 valence electrons. The van der Waals surface area contributed by atoms with Crippen LogP contribution in [0, 0.1) is 5.82 Å². The topological polar surface area (TPSA) is 75.3 Å². The van der Waals surface area contributed by atoms with Crippen molar-refractivity contribution in [2.75, 3.05) is 0 Å². The van der Waals surface area contributed by atoms with Crippen molar-refractivity contribution in [3.63, 3.8) is 0 Å². The summed E-state index contributed by atoms with van der Waals surface area (Å²) in [6.07, 6.45) is 2.54. The molecule has 0 unspecified atom stereocenters. The van der Waals surface area contributed by atoms with E-state index < -0.39 is 10.0 Å². The summed E-state index contributed by atoms with van der Waals surface area (Å²) in [6.45, 7) is 0.249. The van der Waals surface area contributed by atoms with E-state index in [-0.39, 0.29) is 35.6 Å². The molecule has 5 nitrogen and oxygen atoms in total. The molecule has 8 heteroatoms. The molecule has 0 aliphatic heterocycles. The summed E-state index contributed by atoms with van der Waals surface area (Å²) in [5.41, 5.74) is 1.55. The van der Waals surface area contributed by atoms with E-state index in [1.807, 2.05) is 0 Å². The van der Waals surface area contributed by atoms with Crippen molar-refractivity contribution in [3.8, 4) is 0 Å². The number of carbonyl (C=O) groups is 1. The minimum atomic E-state index is -3.46. The molecule has 2 aromatic rings. The van der Waals surface area contributed by atoms with Crippen molar-refractivity contribution >= 4 is 31.9 Å². The zero-order valence-electron chi connectivity index (χ0n) is 14.5. The van der Waals surface area contributed by atoms with Gasteiger partial charge in [0.15, 0.2) is 0 Å². The van der Waals surface area contributed by atoms with Crippen molar-refractivity contribution in [3.05, 3.63) is 63.9 Å². The quantitative estimate of drug-likeness (QED) is 0.642. The summed E-state index contributed by atoms with van der Waals surface area (Å²) >= 11 is 3.22. The lowest BCUT2D eigenvalue weighted by Crippen LogP contribution is -2.25. The van der Waals surface area contributed by atoms with Crippen LogP contribution in [0.15, 0.2) is 51.8 Å². The Balaban J connectivity index is 1.48. The average Bonchev–Trinajstić information content (AvgIpc) is 3.41. The van der Waals surface area contributed by atoms with E-state index in [0.717, 1.165) is 18.4 Å². The minimum absolute atomic E-state index is 0.0667. The lowest BCUT2D eigenvalue weighted by atomic mass is 10.1. The molecule has 1 aliphatic rings. The number of carbonyl (C=O) groups excluding carboxylic acids is 1. The van der Waals surface area contributed by atoms with Crippen LogP contribution in [0.2, 0.25) is 0 Å². The number of rotatable bonds is 8. The molecule has 1 aliphatic carbocycles. The molecular formula is C19H20BrFN2O3S. The molecule has 0 spiro atoms. The largest absolute Gasteiger partial charge is 0.352 e. The molecule has 0 atom stereocenters. The molecule has 0 bridgehead atoms. The van der Waals surface area contributed by atoms with Crippen LogP contribution in [0.25, 0.3) is 0 Å². The number of hydrogen-bond acceptors (Lipinski definition) is 3. The van der Waals surface area contributed by atoms with Gasteiger partial charge < -0.3 is 5.32 Å². The second kappa shape index (κ2) is 8.50. The Bertz CT molecular complexity index is 908. The highest BCUT2D eigenvalue weighted by molar-refractivity contribution is 9.10. The zero-order valence-corrected chi connectivity index (χ0v) is 16.9. The van der Waals surface area contributed by atoms with Crippen molar-refractivity contribution in [2.45, 2.75) is 43.2 Å². The Labute approximate surface area is 166 Å². The summed E-state index contributed by atoms with van der Waals surface area (Å²) in [5.74, 6) is -0.512. The molecule has 2 aromatic carbocycles. The predicted octanol–water partition coefficient (Wildman–Crippen LogP) is 3.28. The van der Waals surface area contributed by atoms with Crippen molar-refractivity contribution in [1.29, 1.82) is 0 Å². The molecule has 0 aromatic heterocycles. The predicted molar refractivity (Wildman–Crippen MR) is 104 cm³/mol. The number of amides is 1. The van der Waals surface area contributed by atoms with E-state index in [0.29, 0.717) is 16.5 Å². The fourth-order valence-electron chi connectivity index (χ4n) is 2.58. The van der Waals surface area contributed by atoms with Crippen LogP contribution in [-0.2, 0) is 27.8 Å². The SMILES string of the molecule is O=C(CCc1ccc(S(=O)(=O)NC2CC2)cc1)NCc1cc(F)cc(Br)c1. The van der Waals surface area contributed by atoms with Gasteiger partial charge in [-0.25, -0.2) is 17.5 Å². The van der Waals surface area contributed by atoms with Crippen LogP contribution < -0.4 is 10.0 Å². The van der Waals surface area contributed by atoms with E-state index >= 15 is 0 Å². The van der Waals surface area contributed by atoms with E-state index in [1.165, 1.54) is 12.1 Å². The molecular weight excluding hydrogens is 435 g/mol. The standard InChI is InChI=1S/C19H20BrFN2O3S/c20-15-9-14(10-16(21)11-15)12-22-19(24)8-3-13-1-6-18(7-2-13)27(25,26)23-17-4-5-17/h1-2,6-7,9-11,17,23H,3-5,8,12H2,(H,22,24). The molecule has 0 heterocycles. The van der Waals surface area contributed by atoms with Crippen LogP contribution in [0.4, 0.5) is 4.39 Å². The number of aryl methyl sites for hydroxylation is 1. The van der Waals surface area contributed by atoms with Crippen LogP contribution in [-0.4, -0.2) is 20.4 Å². The molecule has 1 fully saturated rings. The number of sulfonamides is 1. The molecule has 0 saturated heterocycles. The third-order valence-corrected chi connectivity index (χ3v) is 6.18.